The molecule has 0 fully saturated rings. The highest BCUT2D eigenvalue weighted by atomic mass is 15.2. The van der Waals surface area contributed by atoms with Gasteiger partial charge >= 0.3 is 0 Å². The van der Waals surface area contributed by atoms with Crippen molar-refractivity contribution in [2.75, 3.05) is 0 Å². The molecule has 2 aromatic heterocycles. The summed E-state index contributed by atoms with van der Waals surface area (Å²) in [5.41, 5.74) is 15.7. The molecular weight excluding hydrogens is 755 g/mol. The maximum atomic E-state index is 5.05. The first kappa shape index (κ1) is 35.6. The average Bonchev–Trinajstić information content (AvgIpc) is 3.69. The van der Waals surface area contributed by atoms with E-state index in [-0.39, 0.29) is 6.04 Å². The summed E-state index contributed by atoms with van der Waals surface area (Å²) in [7, 11) is 0. The number of benzene rings is 8. The lowest BCUT2D eigenvalue weighted by atomic mass is 9.93. The molecule has 290 valence electrons. The fraction of sp³-hybridized carbons (Fsp3) is 0.0175. The standard InChI is InChI=1S/C57H38N5/c1-6-16-38(17-7-1)44-28-32-50-48(34-44)49-35-46(40-20-10-3-11-21-40)37-53-54(49)62(50)51-33-29-45(39-18-8-2-9-19-39)36-52(51)61(53)47-30-26-43(27-31-47)57-59-55(41-22-12-4-13-23-41)58-56(60-57)42-24-14-5-15-25-42/h1-37,51H/q+1. The van der Waals surface area contributed by atoms with Gasteiger partial charge in [0.1, 0.15) is 11.6 Å². The molecule has 2 aliphatic rings. The van der Waals surface area contributed by atoms with Crippen LogP contribution in [0.1, 0.15) is 11.6 Å². The second kappa shape index (κ2) is 14.8. The van der Waals surface area contributed by atoms with E-state index >= 15 is 0 Å². The maximum Gasteiger partial charge on any atom is 0.236 e. The smallest absolute Gasteiger partial charge is 0.236 e. The summed E-state index contributed by atoms with van der Waals surface area (Å²) in [6.07, 6.45) is 7.05. The number of hydrogen-bond acceptors (Lipinski definition) is 3. The number of hydrogen-bond donors (Lipinski definition) is 0. The van der Waals surface area contributed by atoms with Gasteiger partial charge in [0.15, 0.2) is 17.5 Å². The molecule has 1 aliphatic carbocycles. The van der Waals surface area contributed by atoms with E-state index in [2.05, 4.69) is 173 Å². The molecular formula is C57H38N5+. The lowest BCUT2D eigenvalue weighted by molar-refractivity contribution is 0.782. The normalized spacial score (nSPS) is 14.3. The van der Waals surface area contributed by atoms with Crippen molar-refractivity contribution in [2.45, 2.75) is 6.04 Å². The highest BCUT2D eigenvalue weighted by Crippen LogP contribution is 2.47. The van der Waals surface area contributed by atoms with Crippen molar-refractivity contribution in [2.24, 2.45) is 0 Å². The molecule has 1 unspecified atom stereocenters. The van der Waals surface area contributed by atoms with Gasteiger partial charge < -0.3 is 4.57 Å². The third-order valence-electron chi connectivity index (χ3n) is 12.1. The molecule has 3 heterocycles. The van der Waals surface area contributed by atoms with Gasteiger partial charge in [-0.3, -0.25) is 0 Å². The molecule has 5 nitrogen and oxygen atoms in total. The Balaban J connectivity index is 1.09. The maximum absolute atomic E-state index is 5.05. The number of rotatable bonds is 7. The van der Waals surface area contributed by atoms with Crippen LogP contribution < -0.4 is 4.58 Å². The van der Waals surface area contributed by atoms with Crippen molar-refractivity contribution in [3.05, 3.63) is 230 Å². The van der Waals surface area contributed by atoms with E-state index < -0.39 is 0 Å². The second-order valence-corrected chi connectivity index (χ2v) is 15.8. The molecule has 0 amide bonds. The summed E-state index contributed by atoms with van der Waals surface area (Å²) in [5, 5.41) is 2.47. The molecule has 0 radical (unpaired) electrons. The van der Waals surface area contributed by atoms with Crippen molar-refractivity contribution >= 4 is 44.5 Å². The van der Waals surface area contributed by atoms with Gasteiger partial charge in [0.25, 0.3) is 0 Å². The molecule has 5 heteroatoms. The Morgan fingerprint density at radius 2 is 0.871 bits per heavy atom. The number of fused-ring (bicyclic) bond motifs is 5. The molecule has 8 aromatic carbocycles. The first-order chi connectivity index (χ1) is 30.7. The van der Waals surface area contributed by atoms with Gasteiger partial charge in [0.2, 0.25) is 17.1 Å². The molecule has 12 rings (SSSR count). The van der Waals surface area contributed by atoms with E-state index in [1.807, 2.05) is 60.7 Å². The van der Waals surface area contributed by atoms with Crippen molar-refractivity contribution in [3.8, 4) is 56.4 Å². The summed E-state index contributed by atoms with van der Waals surface area (Å²) in [5.74, 6) is 1.91. The monoisotopic (exact) mass is 792 g/mol. The van der Waals surface area contributed by atoms with E-state index in [1.165, 1.54) is 60.9 Å². The molecule has 1 atom stereocenters. The third-order valence-corrected chi connectivity index (χ3v) is 12.1. The van der Waals surface area contributed by atoms with Gasteiger partial charge in [0.05, 0.1) is 5.52 Å². The first-order valence-corrected chi connectivity index (χ1v) is 21.1. The van der Waals surface area contributed by atoms with Gasteiger partial charge in [-0.25, -0.2) is 15.0 Å². The van der Waals surface area contributed by atoms with E-state index in [0.29, 0.717) is 17.5 Å². The molecule has 0 spiro atoms. The van der Waals surface area contributed by atoms with Crippen molar-refractivity contribution in [1.29, 1.82) is 0 Å². The summed E-state index contributed by atoms with van der Waals surface area (Å²) in [6, 6.07) is 72.8. The lowest BCUT2D eigenvalue weighted by Crippen LogP contribution is -2.31. The van der Waals surface area contributed by atoms with Crippen LogP contribution in [0.25, 0.3) is 83.8 Å². The predicted molar refractivity (Wildman–Crippen MR) is 256 cm³/mol. The molecule has 1 aliphatic heterocycles. The molecule has 0 N–H and O–H groups in total. The summed E-state index contributed by atoms with van der Waals surface area (Å²) < 4.78 is 5.03. The van der Waals surface area contributed by atoms with Gasteiger partial charge in [-0.2, -0.15) is 4.58 Å². The van der Waals surface area contributed by atoms with E-state index in [4.69, 9.17) is 15.0 Å². The summed E-state index contributed by atoms with van der Waals surface area (Å²) in [4.78, 5) is 15.0. The topological polar surface area (TPSA) is 46.6 Å². The minimum absolute atomic E-state index is 0.0508. The van der Waals surface area contributed by atoms with Crippen LogP contribution in [0.5, 0.6) is 0 Å². The fourth-order valence-corrected chi connectivity index (χ4v) is 9.16. The highest BCUT2D eigenvalue weighted by Gasteiger charge is 2.39. The fourth-order valence-electron chi connectivity index (χ4n) is 9.16. The minimum atomic E-state index is -0.0508. The summed E-state index contributed by atoms with van der Waals surface area (Å²) >= 11 is 0. The SMILES string of the molecule is C1=CC2C(=[N+](c3ccc(-c4nc(-c5ccccc5)nc(-c5ccccc5)n4)cc3)c3cc(-c4ccccc4)cc4c5cc(-c6ccccc6)ccc5n2c34)C=C1c1ccccc1. The highest BCUT2D eigenvalue weighted by molar-refractivity contribution is 6.21. The van der Waals surface area contributed by atoms with Crippen LogP contribution in [0.4, 0.5) is 11.4 Å². The van der Waals surface area contributed by atoms with Crippen molar-refractivity contribution in [3.63, 3.8) is 0 Å². The number of aromatic nitrogens is 4. The van der Waals surface area contributed by atoms with Crippen LogP contribution in [0, 0.1) is 0 Å². The van der Waals surface area contributed by atoms with Crippen LogP contribution in [-0.4, -0.2) is 25.2 Å². The van der Waals surface area contributed by atoms with Gasteiger partial charge in [-0.15, -0.1) is 0 Å². The molecule has 0 bridgehead atoms. The Labute approximate surface area is 359 Å². The van der Waals surface area contributed by atoms with Crippen LogP contribution in [0.2, 0.25) is 0 Å². The van der Waals surface area contributed by atoms with E-state index in [9.17, 15) is 0 Å². The van der Waals surface area contributed by atoms with Crippen LogP contribution in [0.3, 0.4) is 0 Å². The Hall–Kier alpha value is -8.28. The summed E-state index contributed by atoms with van der Waals surface area (Å²) in [6.45, 7) is 0. The van der Waals surface area contributed by atoms with Crippen LogP contribution in [0.15, 0.2) is 224 Å². The zero-order valence-corrected chi connectivity index (χ0v) is 33.7. The Morgan fingerprint density at radius 3 is 1.44 bits per heavy atom. The molecule has 62 heavy (non-hydrogen) atoms. The predicted octanol–water partition coefficient (Wildman–Crippen LogP) is 13.8. The Kier molecular flexibility index (Phi) is 8.49. The quantitative estimate of drug-likeness (QED) is 0.151. The third kappa shape index (κ3) is 6.10. The zero-order chi connectivity index (χ0) is 41.0. The minimum Gasteiger partial charge on any atom is -0.318 e. The first-order valence-electron chi connectivity index (χ1n) is 21.1. The zero-order valence-electron chi connectivity index (χ0n) is 33.7. The van der Waals surface area contributed by atoms with Gasteiger partial charge in [-0.1, -0.05) is 170 Å². The Morgan fingerprint density at radius 1 is 0.403 bits per heavy atom. The average molecular weight is 793 g/mol. The van der Waals surface area contributed by atoms with Crippen LogP contribution >= 0.6 is 0 Å². The largest absolute Gasteiger partial charge is 0.318 e. The van der Waals surface area contributed by atoms with Gasteiger partial charge in [-0.05, 0) is 63.7 Å². The van der Waals surface area contributed by atoms with Crippen LogP contribution in [-0.2, 0) is 0 Å². The number of nitrogens with zero attached hydrogens (tertiary/aromatic N) is 5. The molecule has 0 saturated carbocycles. The van der Waals surface area contributed by atoms with E-state index in [1.54, 1.807) is 0 Å². The van der Waals surface area contributed by atoms with E-state index in [0.717, 1.165) is 28.1 Å². The molecule has 0 saturated heterocycles. The second-order valence-electron chi connectivity index (χ2n) is 15.8. The Bertz CT molecular complexity index is 3350. The van der Waals surface area contributed by atoms with Gasteiger partial charge in [0, 0.05) is 51.7 Å². The molecule has 10 aromatic rings. The van der Waals surface area contributed by atoms with Crippen molar-refractivity contribution in [1.82, 2.24) is 24.1 Å². The number of allylic oxidation sites excluding steroid dienone is 4. The lowest BCUT2D eigenvalue weighted by Gasteiger charge is -2.26. The van der Waals surface area contributed by atoms with Crippen molar-refractivity contribution < 1.29 is 0 Å².